The largest absolute Gasteiger partial charge is 0.351 e. The van der Waals surface area contributed by atoms with Crippen molar-refractivity contribution in [3.05, 3.63) is 48.3 Å². The average Bonchev–Trinajstić information content (AvgIpc) is 3.09. The zero-order chi connectivity index (χ0) is 17.0. The number of hydrogen-bond donors (Lipinski definition) is 0. The third-order valence-corrected chi connectivity index (χ3v) is 4.86. The van der Waals surface area contributed by atoms with E-state index < -0.39 is 5.82 Å². The Hall–Kier alpha value is -3.10. The van der Waals surface area contributed by atoms with Gasteiger partial charge in [-0.05, 0) is 30.7 Å². The van der Waals surface area contributed by atoms with Crippen LogP contribution in [0.25, 0.3) is 5.65 Å². The number of amides is 1. The predicted octanol–water partition coefficient (Wildman–Crippen LogP) is 0.762. The topological polar surface area (TPSA) is 79.5 Å². The van der Waals surface area contributed by atoms with Gasteiger partial charge >= 0.3 is 0 Å². The molecule has 6 rings (SSSR count). The molecule has 3 saturated heterocycles. The lowest BCUT2D eigenvalue weighted by atomic mass is 9.87. The maximum atomic E-state index is 13.9. The molecule has 3 fully saturated rings. The fraction of sp³-hybridized carbons (Fsp3) is 0.312. The highest BCUT2D eigenvalue weighted by Crippen LogP contribution is 2.35. The minimum Gasteiger partial charge on any atom is -0.351 e. The van der Waals surface area contributed by atoms with E-state index in [-0.39, 0.29) is 23.7 Å². The maximum Gasteiger partial charge on any atom is 0.276 e. The summed E-state index contributed by atoms with van der Waals surface area (Å²) in [5.41, 5.74) is 0.586. The van der Waals surface area contributed by atoms with E-state index in [0.717, 1.165) is 12.2 Å². The molecule has 0 radical (unpaired) electrons. The van der Waals surface area contributed by atoms with Crippen LogP contribution in [0.5, 0.6) is 0 Å². The van der Waals surface area contributed by atoms with Crippen molar-refractivity contribution >= 4 is 17.4 Å². The number of carbonyl (C=O) groups is 1. The van der Waals surface area contributed by atoms with E-state index >= 15 is 0 Å². The molecule has 0 aliphatic carbocycles. The molecule has 8 nitrogen and oxygen atoms in total. The van der Waals surface area contributed by atoms with Gasteiger partial charge < -0.3 is 9.80 Å². The fourth-order valence-corrected chi connectivity index (χ4v) is 3.68. The van der Waals surface area contributed by atoms with Crippen LogP contribution in [0.4, 0.5) is 10.2 Å². The first kappa shape index (κ1) is 14.3. The second kappa shape index (κ2) is 5.20. The van der Waals surface area contributed by atoms with Gasteiger partial charge in [0.2, 0.25) is 0 Å². The summed E-state index contributed by atoms with van der Waals surface area (Å²) in [6, 6.07) is 6.61. The average molecular weight is 339 g/mol. The van der Waals surface area contributed by atoms with Gasteiger partial charge in [0.25, 0.3) is 5.91 Å². The lowest BCUT2D eigenvalue weighted by molar-refractivity contribution is 0.00478. The molecule has 0 N–H and O–H groups in total. The summed E-state index contributed by atoms with van der Waals surface area (Å²) in [7, 11) is 0. The van der Waals surface area contributed by atoms with Crippen molar-refractivity contribution in [2.24, 2.45) is 0 Å². The second-order valence-electron chi connectivity index (χ2n) is 6.32. The fourth-order valence-electron chi connectivity index (χ4n) is 3.68. The SMILES string of the molecule is O=C(c1ncccc1F)N1C2CC1CN(c1ccc3nncn3n1)C2. The van der Waals surface area contributed by atoms with Crippen molar-refractivity contribution in [2.45, 2.75) is 18.5 Å². The third-order valence-electron chi connectivity index (χ3n) is 4.86. The Morgan fingerprint density at radius 3 is 2.84 bits per heavy atom. The third kappa shape index (κ3) is 2.15. The van der Waals surface area contributed by atoms with Crippen LogP contribution >= 0.6 is 0 Å². The minimum absolute atomic E-state index is 0.0473. The van der Waals surface area contributed by atoms with Crippen molar-refractivity contribution < 1.29 is 9.18 Å². The van der Waals surface area contributed by atoms with Crippen LogP contribution in [0.1, 0.15) is 16.9 Å². The van der Waals surface area contributed by atoms with Crippen LogP contribution in [-0.2, 0) is 0 Å². The summed E-state index contributed by atoms with van der Waals surface area (Å²) >= 11 is 0. The molecular formula is C16H14FN7O. The maximum absolute atomic E-state index is 13.9. The molecule has 3 aliphatic rings. The van der Waals surface area contributed by atoms with Gasteiger partial charge in [0.15, 0.2) is 17.2 Å². The van der Waals surface area contributed by atoms with Gasteiger partial charge in [-0.1, -0.05) is 0 Å². The highest BCUT2D eigenvalue weighted by molar-refractivity contribution is 5.93. The quantitative estimate of drug-likeness (QED) is 0.686. The highest BCUT2D eigenvalue weighted by atomic mass is 19.1. The first-order chi connectivity index (χ1) is 12.2. The molecule has 0 aromatic carbocycles. The van der Waals surface area contributed by atoms with Crippen LogP contribution < -0.4 is 4.90 Å². The van der Waals surface area contributed by atoms with Crippen LogP contribution in [0.2, 0.25) is 0 Å². The van der Waals surface area contributed by atoms with Crippen LogP contribution in [-0.4, -0.2) is 60.8 Å². The number of hydrogen-bond acceptors (Lipinski definition) is 6. The number of piperazine rings is 1. The molecular weight excluding hydrogens is 325 g/mol. The minimum atomic E-state index is -0.575. The van der Waals surface area contributed by atoms with E-state index in [0.29, 0.717) is 18.7 Å². The second-order valence-corrected chi connectivity index (χ2v) is 6.32. The van der Waals surface area contributed by atoms with Crippen molar-refractivity contribution in [3.8, 4) is 0 Å². The van der Waals surface area contributed by atoms with Gasteiger partial charge in [-0.25, -0.2) is 9.37 Å². The molecule has 2 atom stereocenters. The Morgan fingerprint density at radius 2 is 2.04 bits per heavy atom. The Morgan fingerprint density at radius 1 is 1.20 bits per heavy atom. The highest BCUT2D eigenvalue weighted by Gasteiger charge is 2.48. The Kier molecular flexibility index (Phi) is 2.97. The Balaban J connectivity index is 1.37. The van der Waals surface area contributed by atoms with Crippen LogP contribution in [0.3, 0.4) is 0 Å². The van der Waals surface area contributed by atoms with E-state index in [1.54, 1.807) is 15.7 Å². The summed E-state index contributed by atoms with van der Waals surface area (Å²) < 4.78 is 15.5. The van der Waals surface area contributed by atoms with E-state index in [9.17, 15) is 9.18 Å². The first-order valence-electron chi connectivity index (χ1n) is 8.06. The Bertz CT molecular complexity index is 962. The van der Waals surface area contributed by atoms with Gasteiger partial charge in [-0.15, -0.1) is 15.3 Å². The van der Waals surface area contributed by atoms with Gasteiger partial charge in [-0.2, -0.15) is 4.52 Å². The monoisotopic (exact) mass is 339 g/mol. The lowest BCUT2D eigenvalue weighted by Gasteiger charge is -2.56. The summed E-state index contributed by atoms with van der Waals surface area (Å²) in [5, 5.41) is 12.3. The molecule has 126 valence electrons. The summed E-state index contributed by atoms with van der Waals surface area (Å²) in [5.74, 6) is -0.0895. The van der Waals surface area contributed by atoms with Crippen molar-refractivity contribution in [3.63, 3.8) is 0 Å². The molecule has 25 heavy (non-hydrogen) atoms. The standard InChI is InChI=1S/C16H14FN7O/c17-12-2-1-5-18-15(12)16(25)24-10-6-11(24)8-22(7-10)14-4-3-13-20-19-9-23(13)21-14/h1-5,9-11H,6-8H2. The van der Waals surface area contributed by atoms with Crippen molar-refractivity contribution in [1.29, 1.82) is 0 Å². The molecule has 3 aliphatic heterocycles. The predicted molar refractivity (Wildman–Crippen MR) is 85.6 cm³/mol. The molecule has 9 heteroatoms. The van der Waals surface area contributed by atoms with Crippen molar-refractivity contribution in [2.75, 3.05) is 18.0 Å². The van der Waals surface area contributed by atoms with Crippen molar-refractivity contribution in [1.82, 2.24) is 29.7 Å². The molecule has 0 spiro atoms. The number of anilines is 1. The van der Waals surface area contributed by atoms with E-state index in [1.165, 1.54) is 18.3 Å². The number of nitrogens with zero attached hydrogens (tertiary/aromatic N) is 7. The lowest BCUT2D eigenvalue weighted by Crippen LogP contribution is -2.70. The zero-order valence-corrected chi connectivity index (χ0v) is 13.2. The number of pyridine rings is 1. The number of fused-ring (bicyclic) bond motifs is 3. The number of carbonyl (C=O) groups excluding carboxylic acids is 1. The summed E-state index contributed by atoms with van der Waals surface area (Å²) in [6.07, 6.45) is 3.92. The van der Waals surface area contributed by atoms with Crippen LogP contribution in [0.15, 0.2) is 36.8 Å². The van der Waals surface area contributed by atoms with Gasteiger partial charge in [0.1, 0.15) is 12.1 Å². The number of rotatable bonds is 2. The van der Waals surface area contributed by atoms with E-state index in [2.05, 4.69) is 25.2 Å². The Labute approximate surface area is 141 Å². The van der Waals surface area contributed by atoms with Gasteiger partial charge in [0.05, 0.1) is 12.1 Å². The molecule has 2 unspecified atom stereocenters. The number of aromatic nitrogens is 5. The van der Waals surface area contributed by atoms with Gasteiger partial charge in [-0.3, -0.25) is 4.79 Å². The van der Waals surface area contributed by atoms with Crippen LogP contribution in [0, 0.1) is 5.82 Å². The summed E-state index contributed by atoms with van der Waals surface area (Å²) in [4.78, 5) is 20.4. The molecule has 2 bridgehead atoms. The molecule has 3 aromatic rings. The number of piperidine rings is 1. The normalized spacial score (nSPS) is 22.1. The summed E-state index contributed by atoms with van der Waals surface area (Å²) in [6.45, 7) is 1.33. The molecule has 3 aromatic heterocycles. The zero-order valence-electron chi connectivity index (χ0n) is 13.2. The smallest absolute Gasteiger partial charge is 0.276 e. The molecule has 6 heterocycles. The first-order valence-corrected chi connectivity index (χ1v) is 8.06. The number of halogens is 1. The van der Waals surface area contributed by atoms with E-state index in [1.807, 2.05) is 12.1 Å². The van der Waals surface area contributed by atoms with Gasteiger partial charge in [0, 0.05) is 19.3 Å². The molecule has 1 amide bonds. The molecule has 0 saturated carbocycles. The van der Waals surface area contributed by atoms with E-state index in [4.69, 9.17) is 0 Å².